The topological polar surface area (TPSA) is 78.4 Å². The SMILES string of the molecule is Cc1ccc(NC(=O)NC(C)(C(=O)O)C(F)(F)F)cc1Cl. The second kappa shape index (κ2) is 5.80. The van der Waals surface area contributed by atoms with E-state index in [-0.39, 0.29) is 5.69 Å². The highest BCUT2D eigenvalue weighted by Crippen LogP contribution is 2.30. The number of alkyl halides is 3. The van der Waals surface area contributed by atoms with Crippen molar-refractivity contribution in [1.29, 1.82) is 0 Å². The number of carboxylic acids is 1. The fourth-order valence-corrected chi connectivity index (χ4v) is 1.49. The highest BCUT2D eigenvalue weighted by atomic mass is 35.5. The standard InChI is InChI=1S/C12H12ClF3N2O3/c1-6-3-4-7(5-8(6)13)17-10(21)18-11(2,9(19)20)12(14,15)16/h3-5H,1-2H3,(H,19,20)(H2,17,18,21). The number of aryl methyl sites for hydroxylation is 1. The van der Waals surface area contributed by atoms with Crippen molar-refractivity contribution < 1.29 is 27.9 Å². The molecule has 0 aliphatic heterocycles. The Hall–Kier alpha value is -1.96. The van der Waals surface area contributed by atoms with Crippen LogP contribution in [0.2, 0.25) is 5.02 Å². The first kappa shape index (κ1) is 17.1. The van der Waals surface area contributed by atoms with Gasteiger partial charge in [-0.3, -0.25) is 0 Å². The van der Waals surface area contributed by atoms with E-state index in [0.717, 1.165) is 0 Å². The molecular weight excluding hydrogens is 313 g/mol. The van der Waals surface area contributed by atoms with Crippen molar-refractivity contribution in [3.8, 4) is 0 Å². The smallest absolute Gasteiger partial charge is 0.422 e. The summed E-state index contributed by atoms with van der Waals surface area (Å²) in [4.78, 5) is 22.3. The van der Waals surface area contributed by atoms with E-state index in [1.54, 1.807) is 13.0 Å². The normalized spacial score (nSPS) is 14.2. The molecule has 1 unspecified atom stereocenters. The summed E-state index contributed by atoms with van der Waals surface area (Å²) >= 11 is 5.81. The molecule has 1 aromatic rings. The van der Waals surface area contributed by atoms with Crippen molar-refractivity contribution in [3.63, 3.8) is 0 Å². The molecule has 0 fully saturated rings. The van der Waals surface area contributed by atoms with Crippen LogP contribution in [0.15, 0.2) is 18.2 Å². The third-order valence-corrected chi connectivity index (χ3v) is 3.20. The Kier molecular flexibility index (Phi) is 4.72. The van der Waals surface area contributed by atoms with Gasteiger partial charge in [-0.15, -0.1) is 0 Å². The van der Waals surface area contributed by atoms with Crippen LogP contribution in [0.25, 0.3) is 0 Å². The highest BCUT2D eigenvalue weighted by molar-refractivity contribution is 6.31. The first-order valence-corrected chi connectivity index (χ1v) is 6.00. The minimum atomic E-state index is -5.15. The largest absolute Gasteiger partial charge is 0.479 e. The van der Waals surface area contributed by atoms with Gasteiger partial charge in [0.25, 0.3) is 0 Å². The Morgan fingerprint density at radius 2 is 1.86 bits per heavy atom. The second-order valence-corrected chi connectivity index (χ2v) is 4.88. The van der Waals surface area contributed by atoms with Gasteiger partial charge in [-0.1, -0.05) is 17.7 Å². The fourth-order valence-electron chi connectivity index (χ4n) is 1.31. The van der Waals surface area contributed by atoms with Gasteiger partial charge in [0.1, 0.15) is 0 Å². The monoisotopic (exact) mass is 324 g/mol. The van der Waals surface area contributed by atoms with Crippen LogP contribution in [0.5, 0.6) is 0 Å². The van der Waals surface area contributed by atoms with E-state index < -0.39 is 23.7 Å². The summed E-state index contributed by atoms with van der Waals surface area (Å²) < 4.78 is 38.2. The molecule has 3 N–H and O–H groups in total. The van der Waals surface area contributed by atoms with E-state index >= 15 is 0 Å². The van der Waals surface area contributed by atoms with Crippen LogP contribution in [-0.2, 0) is 4.79 Å². The molecule has 0 heterocycles. The molecule has 0 radical (unpaired) electrons. The van der Waals surface area contributed by atoms with Crippen molar-refractivity contribution >= 4 is 29.3 Å². The average molecular weight is 325 g/mol. The van der Waals surface area contributed by atoms with Gasteiger partial charge in [-0.05, 0) is 31.5 Å². The molecule has 0 saturated heterocycles. The number of carboxylic acid groups (broad SMARTS) is 1. The fraction of sp³-hybridized carbons (Fsp3) is 0.333. The van der Waals surface area contributed by atoms with E-state index in [1.165, 1.54) is 17.4 Å². The lowest BCUT2D eigenvalue weighted by Gasteiger charge is -2.28. The molecule has 1 atom stereocenters. The van der Waals surface area contributed by atoms with Crippen LogP contribution >= 0.6 is 11.6 Å². The zero-order chi connectivity index (χ0) is 16.4. The van der Waals surface area contributed by atoms with Gasteiger partial charge in [-0.25, -0.2) is 9.59 Å². The lowest BCUT2D eigenvalue weighted by atomic mass is 10.0. The van der Waals surface area contributed by atoms with Gasteiger partial charge in [0, 0.05) is 10.7 Å². The maximum absolute atomic E-state index is 12.7. The molecule has 0 bridgehead atoms. The third-order valence-electron chi connectivity index (χ3n) is 2.79. The molecule has 2 amide bonds. The second-order valence-electron chi connectivity index (χ2n) is 4.47. The summed E-state index contributed by atoms with van der Waals surface area (Å²) in [5, 5.41) is 12.5. The van der Waals surface area contributed by atoms with Gasteiger partial charge in [-0.2, -0.15) is 13.2 Å². The maximum atomic E-state index is 12.7. The number of anilines is 1. The molecule has 0 aliphatic rings. The minimum absolute atomic E-state index is 0.137. The first-order chi connectivity index (χ1) is 9.47. The molecule has 0 aliphatic carbocycles. The minimum Gasteiger partial charge on any atom is -0.479 e. The number of hydrogen-bond donors (Lipinski definition) is 3. The van der Waals surface area contributed by atoms with Crippen molar-refractivity contribution in [2.45, 2.75) is 25.6 Å². The van der Waals surface area contributed by atoms with Crippen LogP contribution in [0.1, 0.15) is 12.5 Å². The van der Waals surface area contributed by atoms with Gasteiger partial charge >= 0.3 is 18.2 Å². The molecule has 0 saturated carbocycles. The average Bonchev–Trinajstić information content (AvgIpc) is 2.32. The summed E-state index contributed by atoms with van der Waals surface area (Å²) in [6.07, 6.45) is -5.15. The summed E-state index contributed by atoms with van der Waals surface area (Å²) in [6, 6.07) is 3.00. The summed E-state index contributed by atoms with van der Waals surface area (Å²) in [6.45, 7) is 2.06. The maximum Gasteiger partial charge on any atom is 0.422 e. The lowest BCUT2D eigenvalue weighted by molar-refractivity contribution is -0.203. The number of nitrogens with one attached hydrogen (secondary N) is 2. The van der Waals surface area contributed by atoms with E-state index in [0.29, 0.717) is 17.5 Å². The Morgan fingerprint density at radius 3 is 2.29 bits per heavy atom. The van der Waals surface area contributed by atoms with E-state index in [1.807, 2.05) is 0 Å². The lowest BCUT2D eigenvalue weighted by Crippen LogP contribution is -2.62. The third kappa shape index (κ3) is 3.78. The van der Waals surface area contributed by atoms with Crippen molar-refractivity contribution in [2.24, 2.45) is 0 Å². The number of aliphatic carboxylic acids is 1. The van der Waals surface area contributed by atoms with Gasteiger partial charge in [0.05, 0.1) is 0 Å². The number of amides is 2. The number of rotatable bonds is 3. The summed E-state index contributed by atoms with van der Waals surface area (Å²) in [5.41, 5.74) is -2.54. The zero-order valence-electron chi connectivity index (χ0n) is 11.0. The number of halogens is 4. The predicted molar refractivity (Wildman–Crippen MR) is 70.4 cm³/mol. The van der Waals surface area contributed by atoms with E-state index in [2.05, 4.69) is 5.32 Å². The first-order valence-electron chi connectivity index (χ1n) is 5.63. The number of carbonyl (C=O) groups is 2. The molecule has 0 aromatic heterocycles. The van der Waals surface area contributed by atoms with E-state index in [4.69, 9.17) is 16.7 Å². The number of carbonyl (C=O) groups excluding carboxylic acids is 1. The molecule has 21 heavy (non-hydrogen) atoms. The number of urea groups is 1. The Labute approximate surface area is 123 Å². The van der Waals surface area contributed by atoms with Gasteiger partial charge < -0.3 is 15.7 Å². The molecule has 1 rings (SSSR count). The van der Waals surface area contributed by atoms with Crippen LogP contribution < -0.4 is 10.6 Å². The van der Waals surface area contributed by atoms with Gasteiger partial charge in [0.15, 0.2) is 0 Å². The number of benzene rings is 1. The Bertz CT molecular complexity index is 577. The summed E-state index contributed by atoms with van der Waals surface area (Å²) in [7, 11) is 0. The zero-order valence-corrected chi connectivity index (χ0v) is 11.8. The van der Waals surface area contributed by atoms with Gasteiger partial charge in [0.2, 0.25) is 5.54 Å². The Balaban J connectivity index is 2.89. The van der Waals surface area contributed by atoms with Crippen LogP contribution in [-0.4, -0.2) is 28.8 Å². The number of hydrogen-bond acceptors (Lipinski definition) is 2. The quantitative estimate of drug-likeness (QED) is 0.799. The predicted octanol–water partition coefficient (Wildman–Crippen LogP) is 3.18. The van der Waals surface area contributed by atoms with Crippen molar-refractivity contribution in [1.82, 2.24) is 5.32 Å². The molecule has 5 nitrogen and oxygen atoms in total. The molecule has 116 valence electrons. The van der Waals surface area contributed by atoms with E-state index in [9.17, 15) is 22.8 Å². The van der Waals surface area contributed by atoms with Crippen molar-refractivity contribution in [2.75, 3.05) is 5.32 Å². The molecule has 9 heteroatoms. The summed E-state index contributed by atoms with van der Waals surface area (Å²) in [5.74, 6) is -2.22. The highest BCUT2D eigenvalue weighted by Gasteiger charge is 2.58. The van der Waals surface area contributed by atoms with Crippen molar-refractivity contribution in [3.05, 3.63) is 28.8 Å². The molecular formula is C12H12ClF3N2O3. The molecule has 1 aromatic carbocycles. The van der Waals surface area contributed by atoms with Crippen LogP contribution in [0.3, 0.4) is 0 Å². The van der Waals surface area contributed by atoms with Crippen LogP contribution in [0.4, 0.5) is 23.7 Å². The Morgan fingerprint density at radius 1 is 1.29 bits per heavy atom. The molecule has 0 spiro atoms. The van der Waals surface area contributed by atoms with Crippen LogP contribution in [0, 0.1) is 6.92 Å².